The molecule has 68 valence electrons. The predicted octanol–water partition coefficient (Wildman–Crippen LogP) is 0.457. The maximum atomic E-state index is 5.34. The van der Waals surface area contributed by atoms with Gasteiger partial charge < -0.3 is 11.1 Å². The second-order valence-electron chi connectivity index (χ2n) is 2.48. The van der Waals surface area contributed by atoms with Crippen LogP contribution >= 0.6 is 11.5 Å². The van der Waals surface area contributed by atoms with Crippen molar-refractivity contribution in [3.63, 3.8) is 0 Å². The highest BCUT2D eigenvalue weighted by atomic mass is 32.1. The smallest absolute Gasteiger partial charge is 0.223 e. The van der Waals surface area contributed by atoms with Gasteiger partial charge in [-0.25, -0.2) is 9.97 Å². The number of nitrogens with one attached hydrogen (secondary N) is 1. The molecule has 0 saturated heterocycles. The summed E-state index contributed by atoms with van der Waals surface area (Å²) in [7, 11) is 0. The first-order valence-corrected chi connectivity index (χ1v) is 4.69. The van der Waals surface area contributed by atoms with Crippen molar-refractivity contribution in [2.75, 3.05) is 18.4 Å². The first kappa shape index (κ1) is 8.33. The number of anilines is 1. The van der Waals surface area contributed by atoms with Crippen molar-refractivity contribution in [1.82, 2.24) is 14.3 Å². The Balaban J connectivity index is 2.26. The van der Waals surface area contributed by atoms with Crippen molar-refractivity contribution in [2.24, 2.45) is 5.73 Å². The number of nitrogens with two attached hydrogens (primary N) is 1. The van der Waals surface area contributed by atoms with Crippen molar-refractivity contribution in [1.29, 1.82) is 0 Å². The minimum absolute atomic E-state index is 0.573. The number of nitrogens with zero attached hydrogens (tertiary/aromatic N) is 3. The van der Waals surface area contributed by atoms with E-state index in [0.29, 0.717) is 19.0 Å². The van der Waals surface area contributed by atoms with E-state index in [2.05, 4.69) is 19.7 Å². The Morgan fingerprint density at radius 2 is 2.38 bits per heavy atom. The molecular formula is C7H9N5S. The predicted molar refractivity (Wildman–Crippen MR) is 52.8 cm³/mol. The normalized spacial score (nSPS) is 10.5. The van der Waals surface area contributed by atoms with Gasteiger partial charge in [-0.2, -0.15) is 4.37 Å². The minimum Gasteiger partial charge on any atom is -0.353 e. The Morgan fingerprint density at radius 3 is 3.23 bits per heavy atom. The maximum Gasteiger partial charge on any atom is 0.223 e. The van der Waals surface area contributed by atoms with Crippen LogP contribution in [-0.4, -0.2) is 27.4 Å². The van der Waals surface area contributed by atoms with E-state index in [4.69, 9.17) is 5.73 Å². The van der Waals surface area contributed by atoms with Crippen molar-refractivity contribution < 1.29 is 0 Å². The Kier molecular flexibility index (Phi) is 2.33. The van der Waals surface area contributed by atoms with Crippen LogP contribution < -0.4 is 11.1 Å². The van der Waals surface area contributed by atoms with Gasteiger partial charge in [0.2, 0.25) is 5.95 Å². The highest BCUT2D eigenvalue weighted by Crippen LogP contribution is 2.15. The van der Waals surface area contributed by atoms with E-state index in [1.54, 1.807) is 12.4 Å². The standard InChI is InChI=1S/C7H9N5S/c8-1-2-9-7-10-4-6-5(12-7)3-11-13-6/h3-4H,1-2,8H2,(H,9,10,12). The zero-order valence-electron chi connectivity index (χ0n) is 6.90. The average Bonchev–Trinajstić information content (AvgIpc) is 2.61. The molecule has 5 nitrogen and oxygen atoms in total. The third kappa shape index (κ3) is 1.73. The zero-order valence-corrected chi connectivity index (χ0v) is 7.71. The molecule has 0 spiro atoms. The van der Waals surface area contributed by atoms with Gasteiger partial charge in [-0.3, -0.25) is 0 Å². The van der Waals surface area contributed by atoms with Crippen LogP contribution in [0.1, 0.15) is 0 Å². The van der Waals surface area contributed by atoms with Crippen molar-refractivity contribution >= 4 is 27.7 Å². The van der Waals surface area contributed by atoms with Crippen molar-refractivity contribution in [3.05, 3.63) is 12.4 Å². The summed E-state index contributed by atoms with van der Waals surface area (Å²) in [5.74, 6) is 0.609. The average molecular weight is 195 g/mol. The fraction of sp³-hybridized carbons (Fsp3) is 0.286. The van der Waals surface area contributed by atoms with Crippen LogP contribution in [0.25, 0.3) is 10.2 Å². The van der Waals surface area contributed by atoms with E-state index in [1.165, 1.54) is 11.5 Å². The third-order valence-corrected chi connectivity index (χ3v) is 2.26. The second-order valence-corrected chi connectivity index (χ2v) is 3.32. The van der Waals surface area contributed by atoms with Gasteiger partial charge in [0.15, 0.2) is 0 Å². The zero-order chi connectivity index (χ0) is 9.10. The Morgan fingerprint density at radius 1 is 1.46 bits per heavy atom. The molecule has 13 heavy (non-hydrogen) atoms. The highest BCUT2D eigenvalue weighted by molar-refractivity contribution is 7.13. The summed E-state index contributed by atoms with van der Waals surface area (Å²) >= 11 is 1.39. The van der Waals surface area contributed by atoms with Gasteiger partial charge in [-0.1, -0.05) is 0 Å². The molecular weight excluding hydrogens is 186 g/mol. The van der Waals surface area contributed by atoms with Gasteiger partial charge in [-0.05, 0) is 11.5 Å². The molecule has 0 unspecified atom stereocenters. The van der Waals surface area contributed by atoms with Gasteiger partial charge in [0, 0.05) is 13.1 Å². The van der Waals surface area contributed by atoms with E-state index < -0.39 is 0 Å². The van der Waals surface area contributed by atoms with Gasteiger partial charge >= 0.3 is 0 Å². The van der Waals surface area contributed by atoms with E-state index in [9.17, 15) is 0 Å². The number of fused-ring (bicyclic) bond motifs is 1. The van der Waals surface area contributed by atoms with Crippen molar-refractivity contribution in [2.45, 2.75) is 0 Å². The van der Waals surface area contributed by atoms with E-state index >= 15 is 0 Å². The lowest BCUT2D eigenvalue weighted by molar-refractivity contribution is 0.996. The third-order valence-electron chi connectivity index (χ3n) is 1.54. The fourth-order valence-electron chi connectivity index (χ4n) is 0.949. The first-order chi connectivity index (χ1) is 6.40. The summed E-state index contributed by atoms with van der Waals surface area (Å²) in [4.78, 5) is 8.35. The Bertz CT molecular complexity index is 398. The summed E-state index contributed by atoms with van der Waals surface area (Å²) in [6.07, 6.45) is 3.49. The number of rotatable bonds is 3. The molecule has 2 aromatic rings. The summed E-state index contributed by atoms with van der Waals surface area (Å²) in [5, 5.41) is 3.01. The number of hydrogen-bond acceptors (Lipinski definition) is 6. The molecule has 0 bridgehead atoms. The van der Waals surface area contributed by atoms with Crippen LogP contribution in [0.4, 0.5) is 5.95 Å². The molecule has 0 aliphatic heterocycles. The Hall–Kier alpha value is -1.27. The molecule has 0 aliphatic carbocycles. The lowest BCUT2D eigenvalue weighted by atomic mass is 10.5. The minimum atomic E-state index is 0.573. The van der Waals surface area contributed by atoms with Gasteiger partial charge in [0.25, 0.3) is 0 Å². The molecule has 2 rings (SSSR count). The van der Waals surface area contributed by atoms with Gasteiger partial charge in [0.1, 0.15) is 5.52 Å². The van der Waals surface area contributed by atoms with Crippen molar-refractivity contribution in [3.8, 4) is 0 Å². The fourth-order valence-corrected chi connectivity index (χ4v) is 1.51. The molecule has 2 aromatic heterocycles. The van der Waals surface area contributed by atoms with Gasteiger partial charge in [-0.15, -0.1) is 0 Å². The van der Waals surface area contributed by atoms with E-state index in [-0.39, 0.29) is 0 Å². The molecule has 0 radical (unpaired) electrons. The Labute approximate surface area is 79.2 Å². The molecule has 0 aromatic carbocycles. The molecule has 0 aliphatic rings. The van der Waals surface area contributed by atoms with E-state index in [0.717, 1.165) is 10.2 Å². The maximum absolute atomic E-state index is 5.34. The topological polar surface area (TPSA) is 76.7 Å². The van der Waals surface area contributed by atoms with Crippen LogP contribution in [0.2, 0.25) is 0 Å². The van der Waals surface area contributed by atoms with Crippen LogP contribution in [0.15, 0.2) is 12.4 Å². The number of hydrogen-bond donors (Lipinski definition) is 2. The van der Waals surface area contributed by atoms with Gasteiger partial charge in [0.05, 0.1) is 17.1 Å². The molecule has 3 N–H and O–H groups in total. The molecule has 2 heterocycles. The summed E-state index contributed by atoms with van der Waals surface area (Å²) in [5.41, 5.74) is 6.22. The lowest BCUT2D eigenvalue weighted by Gasteiger charge is -2.00. The molecule has 0 amide bonds. The largest absolute Gasteiger partial charge is 0.353 e. The second kappa shape index (κ2) is 3.63. The lowest BCUT2D eigenvalue weighted by Crippen LogP contribution is -2.14. The molecule has 0 fully saturated rings. The summed E-state index contributed by atoms with van der Waals surface area (Å²) < 4.78 is 5.01. The quantitative estimate of drug-likeness (QED) is 0.744. The van der Waals surface area contributed by atoms with Crippen LogP contribution in [0, 0.1) is 0 Å². The summed E-state index contributed by atoms with van der Waals surface area (Å²) in [6, 6.07) is 0. The first-order valence-electron chi connectivity index (χ1n) is 3.91. The molecule has 6 heteroatoms. The van der Waals surface area contributed by atoms with Crippen LogP contribution in [0.3, 0.4) is 0 Å². The SMILES string of the molecule is NCCNc1ncc2sncc2n1. The van der Waals surface area contributed by atoms with E-state index in [1.807, 2.05) is 0 Å². The molecule has 0 atom stereocenters. The van der Waals surface area contributed by atoms with Crippen LogP contribution in [-0.2, 0) is 0 Å². The van der Waals surface area contributed by atoms with Crippen LogP contribution in [0.5, 0.6) is 0 Å². The molecule has 0 saturated carbocycles. The highest BCUT2D eigenvalue weighted by Gasteiger charge is 1.99. The number of aromatic nitrogens is 3. The monoisotopic (exact) mass is 195 g/mol. The summed E-state index contributed by atoms with van der Waals surface area (Å²) in [6.45, 7) is 1.26.